The fourth-order valence-corrected chi connectivity index (χ4v) is 4.43. The number of anilines is 1. The van der Waals surface area contributed by atoms with Gasteiger partial charge >= 0.3 is 0 Å². The van der Waals surface area contributed by atoms with Crippen LogP contribution in [0.25, 0.3) is 0 Å². The number of sulfonamides is 1. The molecule has 0 aliphatic heterocycles. The van der Waals surface area contributed by atoms with Gasteiger partial charge in [-0.05, 0) is 31.2 Å². The zero-order valence-corrected chi connectivity index (χ0v) is 13.6. The first-order valence-electron chi connectivity index (χ1n) is 7.73. The van der Waals surface area contributed by atoms with Crippen molar-refractivity contribution in [2.24, 2.45) is 5.92 Å². The minimum absolute atomic E-state index is 0.0292. The van der Waals surface area contributed by atoms with Gasteiger partial charge in [-0.3, -0.25) is 0 Å². The monoisotopic (exact) mass is 311 g/mol. The summed E-state index contributed by atoms with van der Waals surface area (Å²) in [6, 6.07) is 3.13. The Morgan fingerprint density at radius 1 is 1.33 bits per heavy atom. The fourth-order valence-electron chi connectivity index (χ4n) is 3.03. The molecule has 0 aromatic carbocycles. The number of hydrogen-bond acceptors (Lipinski definition) is 4. The van der Waals surface area contributed by atoms with Crippen molar-refractivity contribution in [1.82, 2.24) is 9.71 Å². The average molecular weight is 311 g/mol. The van der Waals surface area contributed by atoms with E-state index in [1.807, 2.05) is 6.92 Å². The van der Waals surface area contributed by atoms with Crippen molar-refractivity contribution in [1.29, 1.82) is 0 Å². The van der Waals surface area contributed by atoms with E-state index in [0.717, 1.165) is 19.3 Å². The van der Waals surface area contributed by atoms with Gasteiger partial charge in [-0.1, -0.05) is 26.2 Å². The second-order valence-corrected chi connectivity index (χ2v) is 7.37. The van der Waals surface area contributed by atoms with Gasteiger partial charge in [0.05, 0.1) is 4.90 Å². The molecule has 21 heavy (non-hydrogen) atoms. The van der Waals surface area contributed by atoms with Crippen molar-refractivity contribution in [2.75, 3.05) is 12.4 Å². The molecule has 0 spiro atoms. The standard InChI is InChI=1S/C15H25N3O2S/c1-3-14(12-7-5-4-6-8-12)18-21(19,20)13-9-10-17-15(11-13)16-2/h9-12,14,18H,3-8H2,1-2H3,(H,16,17). The Hall–Kier alpha value is -1.14. The number of pyridine rings is 1. The third kappa shape index (κ3) is 4.17. The van der Waals surface area contributed by atoms with Gasteiger partial charge in [0.15, 0.2) is 0 Å². The van der Waals surface area contributed by atoms with Crippen molar-refractivity contribution >= 4 is 15.8 Å². The quantitative estimate of drug-likeness (QED) is 0.847. The number of rotatable bonds is 6. The Labute approximate surface area is 127 Å². The third-order valence-electron chi connectivity index (χ3n) is 4.26. The predicted molar refractivity (Wildman–Crippen MR) is 84.8 cm³/mol. The van der Waals surface area contributed by atoms with Crippen molar-refractivity contribution in [3.63, 3.8) is 0 Å². The molecule has 1 heterocycles. The Bertz CT molecular complexity index is 554. The molecule has 2 N–H and O–H groups in total. The Morgan fingerprint density at radius 2 is 2.05 bits per heavy atom. The van der Waals surface area contributed by atoms with Crippen LogP contribution in [-0.2, 0) is 10.0 Å². The molecule has 0 bridgehead atoms. The summed E-state index contributed by atoms with van der Waals surface area (Å²) in [6.45, 7) is 2.05. The lowest BCUT2D eigenvalue weighted by molar-refractivity contribution is 0.285. The summed E-state index contributed by atoms with van der Waals surface area (Å²) in [6.07, 6.45) is 8.29. The van der Waals surface area contributed by atoms with Crippen LogP contribution in [0.3, 0.4) is 0 Å². The molecular formula is C15H25N3O2S. The Morgan fingerprint density at radius 3 is 2.67 bits per heavy atom. The molecule has 6 heteroatoms. The van der Waals surface area contributed by atoms with Crippen LogP contribution in [0.5, 0.6) is 0 Å². The van der Waals surface area contributed by atoms with E-state index in [-0.39, 0.29) is 10.9 Å². The van der Waals surface area contributed by atoms with E-state index in [1.54, 1.807) is 13.1 Å². The normalized spacial score (nSPS) is 18.4. The van der Waals surface area contributed by atoms with Crippen LogP contribution < -0.4 is 10.0 Å². The Kier molecular flexibility index (Phi) is 5.58. The first kappa shape index (κ1) is 16.2. The van der Waals surface area contributed by atoms with E-state index >= 15 is 0 Å². The summed E-state index contributed by atoms with van der Waals surface area (Å²) < 4.78 is 28.0. The van der Waals surface area contributed by atoms with Crippen LogP contribution in [0.1, 0.15) is 45.4 Å². The maximum atomic E-state index is 12.5. The summed E-state index contributed by atoms with van der Waals surface area (Å²) in [5, 5.41) is 2.87. The van der Waals surface area contributed by atoms with Crippen molar-refractivity contribution in [2.45, 2.75) is 56.4 Å². The molecule has 1 unspecified atom stereocenters. The highest BCUT2D eigenvalue weighted by molar-refractivity contribution is 7.89. The molecule has 1 atom stereocenters. The molecule has 2 rings (SSSR count). The zero-order valence-electron chi connectivity index (χ0n) is 12.8. The second-order valence-electron chi connectivity index (χ2n) is 5.66. The summed E-state index contributed by atoms with van der Waals surface area (Å²) in [5.41, 5.74) is 0. The highest BCUT2D eigenvalue weighted by Gasteiger charge is 2.27. The molecule has 5 nitrogen and oxygen atoms in total. The SMILES string of the molecule is CCC(NS(=O)(=O)c1ccnc(NC)c1)C1CCCCC1. The van der Waals surface area contributed by atoms with E-state index in [0.29, 0.717) is 11.7 Å². The lowest BCUT2D eigenvalue weighted by Gasteiger charge is -2.30. The third-order valence-corrected chi connectivity index (χ3v) is 5.75. The van der Waals surface area contributed by atoms with Gasteiger partial charge in [-0.2, -0.15) is 0 Å². The fraction of sp³-hybridized carbons (Fsp3) is 0.667. The predicted octanol–water partition coefficient (Wildman–Crippen LogP) is 2.76. The second kappa shape index (κ2) is 7.22. The van der Waals surface area contributed by atoms with Gasteiger partial charge in [0.1, 0.15) is 5.82 Å². The molecule has 1 saturated carbocycles. The highest BCUT2D eigenvalue weighted by Crippen LogP contribution is 2.28. The summed E-state index contributed by atoms with van der Waals surface area (Å²) in [4.78, 5) is 4.33. The van der Waals surface area contributed by atoms with Crippen molar-refractivity contribution < 1.29 is 8.42 Å². The molecule has 118 valence electrons. The summed E-state index contributed by atoms with van der Waals surface area (Å²) in [7, 11) is -1.76. The molecule has 1 aliphatic carbocycles. The van der Waals surface area contributed by atoms with Gasteiger partial charge in [-0.15, -0.1) is 0 Å². The van der Waals surface area contributed by atoms with Gasteiger partial charge in [0.25, 0.3) is 0 Å². The largest absolute Gasteiger partial charge is 0.373 e. The summed E-state index contributed by atoms with van der Waals surface area (Å²) in [5.74, 6) is 1.02. The lowest BCUT2D eigenvalue weighted by Crippen LogP contribution is -2.40. The maximum Gasteiger partial charge on any atom is 0.241 e. The number of aromatic nitrogens is 1. The minimum Gasteiger partial charge on any atom is -0.373 e. The number of nitrogens with zero attached hydrogens (tertiary/aromatic N) is 1. The van der Waals surface area contributed by atoms with Crippen LogP contribution in [0.15, 0.2) is 23.2 Å². The minimum atomic E-state index is -3.48. The first-order valence-corrected chi connectivity index (χ1v) is 9.21. The summed E-state index contributed by atoms with van der Waals surface area (Å²) >= 11 is 0. The van der Waals surface area contributed by atoms with Gasteiger partial charge in [0.2, 0.25) is 10.0 Å². The number of hydrogen-bond donors (Lipinski definition) is 2. The molecule has 1 fully saturated rings. The van der Waals surface area contributed by atoms with Crippen molar-refractivity contribution in [3.05, 3.63) is 18.3 Å². The van der Waals surface area contributed by atoms with Crippen LogP contribution in [0.4, 0.5) is 5.82 Å². The van der Waals surface area contributed by atoms with Crippen LogP contribution >= 0.6 is 0 Å². The molecule has 0 amide bonds. The first-order chi connectivity index (χ1) is 10.1. The average Bonchev–Trinajstić information content (AvgIpc) is 2.53. The van der Waals surface area contributed by atoms with E-state index in [2.05, 4.69) is 15.0 Å². The Balaban J connectivity index is 2.14. The van der Waals surface area contributed by atoms with Gasteiger partial charge in [0, 0.05) is 25.4 Å². The van der Waals surface area contributed by atoms with E-state index in [1.165, 1.54) is 31.5 Å². The van der Waals surface area contributed by atoms with Crippen LogP contribution in [-0.4, -0.2) is 26.5 Å². The van der Waals surface area contributed by atoms with Gasteiger partial charge in [-0.25, -0.2) is 18.1 Å². The maximum absolute atomic E-state index is 12.5. The molecule has 0 radical (unpaired) electrons. The number of nitrogens with one attached hydrogen (secondary N) is 2. The van der Waals surface area contributed by atoms with Crippen molar-refractivity contribution in [3.8, 4) is 0 Å². The van der Waals surface area contributed by atoms with Crippen LogP contribution in [0, 0.1) is 5.92 Å². The molecule has 1 aromatic heterocycles. The van der Waals surface area contributed by atoms with E-state index in [4.69, 9.17) is 0 Å². The zero-order chi connectivity index (χ0) is 15.3. The van der Waals surface area contributed by atoms with E-state index < -0.39 is 10.0 Å². The smallest absolute Gasteiger partial charge is 0.241 e. The van der Waals surface area contributed by atoms with Crippen LogP contribution in [0.2, 0.25) is 0 Å². The van der Waals surface area contributed by atoms with Gasteiger partial charge < -0.3 is 5.32 Å². The molecule has 1 aliphatic rings. The lowest BCUT2D eigenvalue weighted by atomic mass is 9.83. The topological polar surface area (TPSA) is 71.1 Å². The van der Waals surface area contributed by atoms with E-state index in [9.17, 15) is 8.42 Å². The molecular weight excluding hydrogens is 286 g/mol. The highest BCUT2D eigenvalue weighted by atomic mass is 32.2. The molecule has 1 aromatic rings. The molecule has 0 saturated heterocycles.